The third-order valence-electron chi connectivity index (χ3n) is 4.50. The summed E-state index contributed by atoms with van der Waals surface area (Å²) in [5.74, 6) is 1.08. The number of benzene rings is 2. The monoisotopic (exact) mass is 424 g/mol. The Morgan fingerprint density at radius 1 is 1.17 bits per heavy atom. The standard InChI is InChI=1S/C22H17ClN2O5/c1-28-22-11-14(30-25-22)7-9-21(27)24-13-6-8-19-16(10-13)18(26)12-20(29-19)15-4-2-3-5-17(15)23/h2-6,8,10-12H,7,9H2,1H3,(H,24,27). The molecule has 0 aliphatic rings. The number of methoxy groups -OCH3 is 1. The SMILES string of the molecule is COc1cc(CCC(=O)Nc2ccc3oc(-c4ccccc4Cl)cc(=O)c3c2)on1. The number of nitrogens with zero attached hydrogens (tertiary/aromatic N) is 1. The minimum absolute atomic E-state index is 0.191. The molecule has 8 heteroatoms. The molecule has 4 aromatic rings. The summed E-state index contributed by atoms with van der Waals surface area (Å²) in [5.41, 5.74) is 1.32. The van der Waals surface area contributed by atoms with Crippen LogP contribution in [0.4, 0.5) is 5.69 Å². The van der Waals surface area contributed by atoms with Crippen molar-refractivity contribution in [3.63, 3.8) is 0 Å². The zero-order chi connectivity index (χ0) is 21.1. The van der Waals surface area contributed by atoms with Crippen molar-refractivity contribution in [2.75, 3.05) is 12.4 Å². The highest BCUT2D eigenvalue weighted by atomic mass is 35.5. The Hall–Kier alpha value is -3.58. The molecule has 1 amide bonds. The maximum Gasteiger partial charge on any atom is 0.254 e. The number of rotatable bonds is 6. The number of halogens is 1. The second kappa shape index (κ2) is 8.42. The fourth-order valence-electron chi connectivity index (χ4n) is 3.00. The van der Waals surface area contributed by atoms with Gasteiger partial charge in [0.15, 0.2) is 5.43 Å². The molecule has 2 aromatic carbocycles. The van der Waals surface area contributed by atoms with Crippen LogP contribution in [-0.4, -0.2) is 18.2 Å². The van der Waals surface area contributed by atoms with Gasteiger partial charge in [-0.3, -0.25) is 9.59 Å². The number of ether oxygens (including phenoxy) is 1. The van der Waals surface area contributed by atoms with Gasteiger partial charge in [-0.1, -0.05) is 23.7 Å². The summed E-state index contributed by atoms with van der Waals surface area (Å²) in [5, 5.41) is 7.32. The second-order valence-corrected chi connectivity index (χ2v) is 6.96. The Kier molecular flexibility index (Phi) is 5.54. The minimum Gasteiger partial charge on any atom is -0.479 e. The first kappa shape index (κ1) is 19.7. The summed E-state index contributed by atoms with van der Waals surface area (Å²) in [6, 6.07) is 15.1. The Morgan fingerprint density at radius 2 is 2.00 bits per heavy atom. The summed E-state index contributed by atoms with van der Waals surface area (Å²) in [7, 11) is 1.49. The summed E-state index contributed by atoms with van der Waals surface area (Å²) >= 11 is 6.20. The van der Waals surface area contributed by atoms with Crippen LogP contribution >= 0.6 is 11.6 Å². The van der Waals surface area contributed by atoms with E-state index in [1.807, 2.05) is 6.07 Å². The number of aromatic nitrogens is 1. The molecule has 1 N–H and O–H groups in total. The van der Waals surface area contributed by atoms with Crippen LogP contribution in [0.25, 0.3) is 22.3 Å². The molecule has 0 saturated heterocycles. The third kappa shape index (κ3) is 4.21. The highest BCUT2D eigenvalue weighted by Gasteiger charge is 2.12. The Balaban J connectivity index is 1.51. The lowest BCUT2D eigenvalue weighted by Gasteiger charge is -2.08. The van der Waals surface area contributed by atoms with E-state index in [9.17, 15) is 9.59 Å². The molecule has 2 aromatic heterocycles. The predicted molar refractivity (Wildman–Crippen MR) is 113 cm³/mol. The highest BCUT2D eigenvalue weighted by molar-refractivity contribution is 6.33. The van der Waals surface area contributed by atoms with Crippen molar-refractivity contribution in [3.8, 4) is 17.2 Å². The molecular weight excluding hydrogens is 408 g/mol. The van der Waals surface area contributed by atoms with Gasteiger partial charge in [0.25, 0.3) is 5.88 Å². The molecule has 0 aliphatic carbocycles. The quantitative estimate of drug-likeness (QED) is 0.483. The van der Waals surface area contributed by atoms with Gasteiger partial charge in [0.2, 0.25) is 5.91 Å². The summed E-state index contributed by atoms with van der Waals surface area (Å²) in [4.78, 5) is 24.9. The molecule has 0 spiro atoms. The van der Waals surface area contributed by atoms with E-state index in [1.165, 1.54) is 13.2 Å². The van der Waals surface area contributed by atoms with Gasteiger partial charge in [-0.05, 0) is 35.5 Å². The van der Waals surface area contributed by atoms with Crippen LogP contribution in [0.1, 0.15) is 12.2 Å². The van der Waals surface area contributed by atoms with Gasteiger partial charge in [0.05, 0.1) is 17.5 Å². The topological polar surface area (TPSA) is 94.6 Å². The Morgan fingerprint density at radius 3 is 2.77 bits per heavy atom. The molecule has 0 atom stereocenters. The number of aryl methyl sites for hydroxylation is 1. The molecule has 152 valence electrons. The Labute approximate surface area is 176 Å². The van der Waals surface area contributed by atoms with E-state index in [0.717, 1.165) is 0 Å². The molecule has 2 heterocycles. The van der Waals surface area contributed by atoms with E-state index >= 15 is 0 Å². The number of carbonyl (C=O) groups excluding carboxylic acids is 1. The lowest BCUT2D eigenvalue weighted by atomic mass is 10.1. The zero-order valence-electron chi connectivity index (χ0n) is 16.0. The summed E-state index contributed by atoms with van der Waals surface area (Å²) in [6.45, 7) is 0. The predicted octanol–water partition coefficient (Wildman–Crippen LogP) is 4.68. The van der Waals surface area contributed by atoms with E-state index < -0.39 is 0 Å². The van der Waals surface area contributed by atoms with Crippen molar-refractivity contribution in [3.05, 3.63) is 75.6 Å². The number of fused-ring (bicyclic) bond motifs is 1. The molecule has 0 saturated carbocycles. The van der Waals surface area contributed by atoms with Crippen LogP contribution in [0, 0.1) is 0 Å². The van der Waals surface area contributed by atoms with E-state index in [0.29, 0.717) is 51.1 Å². The fourth-order valence-corrected chi connectivity index (χ4v) is 3.22. The largest absolute Gasteiger partial charge is 0.479 e. The van der Waals surface area contributed by atoms with Crippen LogP contribution < -0.4 is 15.5 Å². The fraction of sp³-hybridized carbons (Fsp3) is 0.136. The Bertz CT molecular complexity index is 1280. The lowest BCUT2D eigenvalue weighted by Crippen LogP contribution is -2.12. The van der Waals surface area contributed by atoms with Crippen LogP contribution in [0.3, 0.4) is 0 Å². The number of anilines is 1. The first-order valence-corrected chi connectivity index (χ1v) is 9.53. The second-order valence-electron chi connectivity index (χ2n) is 6.55. The number of nitrogens with one attached hydrogen (secondary N) is 1. The van der Waals surface area contributed by atoms with Gasteiger partial charge < -0.3 is 19.0 Å². The van der Waals surface area contributed by atoms with Crippen molar-refractivity contribution in [1.29, 1.82) is 0 Å². The molecular formula is C22H17ClN2O5. The first-order chi connectivity index (χ1) is 14.5. The molecule has 0 radical (unpaired) electrons. The van der Waals surface area contributed by atoms with Gasteiger partial charge >= 0.3 is 0 Å². The van der Waals surface area contributed by atoms with Crippen LogP contribution in [0.5, 0.6) is 5.88 Å². The average Bonchev–Trinajstić information content (AvgIpc) is 3.21. The molecule has 0 fully saturated rings. The van der Waals surface area contributed by atoms with E-state index in [2.05, 4.69) is 10.5 Å². The van der Waals surface area contributed by atoms with Gasteiger partial charge in [0.1, 0.15) is 17.1 Å². The van der Waals surface area contributed by atoms with Crippen molar-refractivity contribution in [2.24, 2.45) is 0 Å². The van der Waals surface area contributed by atoms with Gasteiger partial charge in [-0.2, -0.15) is 0 Å². The maximum absolute atomic E-state index is 12.6. The first-order valence-electron chi connectivity index (χ1n) is 9.16. The third-order valence-corrected chi connectivity index (χ3v) is 4.82. The van der Waals surface area contributed by atoms with Crippen molar-refractivity contribution >= 4 is 34.2 Å². The van der Waals surface area contributed by atoms with Gasteiger partial charge in [-0.15, -0.1) is 0 Å². The number of amides is 1. The van der Waals surface area contributed by atoms with Crippen molar-refractivity contribution in [2.45, 2.75) is 12.8 Å². The molecule has 30 heavy (non-hydrogen) atoms. The van der Waals surface area contributed by atoms with E-state index in [4.69, 9.17) is 25.3 Å². The molecule has 0 aliphatic heterocycles. The molecule has 0 bridgehead atoms. The molecule has 0 unspecified atom stereocenters. The van der Waals surface area contributed by atoms with Gasteiger partial charge in [0, 0.05) is 36.2 Å². The minimum atomic E-state index is -0.226. The summed E-state index contributed by atoms with van der Waals surface area (Å²) < 4.78 is 15.9. The van der Waals surface area contributed by atoms with E-state index in [-0.39, 0.29) is 17.8 Å². The average molecular weight is 425 g/mol. The van der Waals surface area contributed by atoms with Crippen LogP contribution in [-0.2, 0) is 11.2 Å². The van der Waals surface area contributed by atoms with Gasteiger partial charge in [-0.25, -0.2) is 0 Å². The smallest absolute Gasteiger partial charge is 0.254 e. The van der Waals surface area contributed by atoms with E-state index in [1.54, 1.807) is 42.5 Å². The summed E-state index contributed by atoms with van der Waals surface area (Å²) in [6.07, 6.45) is 0.565. The number of hydrogen-bond acceptors (Lipinski definition) is 6. The molecule has 4 rings (SSSR count). The molecule has 7 nitrogen and oxygen atoms in total. The highest BCUT2D eigenvalue weighted by Crippen LogP contribution is 2.29. The van der Waals surface area contributed by atoms with Crippen LogP contribution in [0.2, 0.25) is 5.02 Å². The van der Waals surface area contributed by atoms with Crippen LogP contribution in [0.15, 0.2) is 68.3 Å². The lowest BCUT2D eigenvalue weighted by molar-refractivity contribution is -0.116. The normalized spacial score (nSPS) is 10.9. The zero-order valence-corrected chi connectivity index (χ0v) is 16.7. The van der Waals surface area contributed by atoms with Crippen molar-refractivity contribution in [1.82, 2.24) is 5.16 Å². The maximum atomic E-state index is 12.6. The number of hydrogen-bond donors (Lipinski definition) is 1. The van der Waals surface area contributed by atoms with Crippen molar-refractivity contribution < 1.29 is 18.5 Å². The number of carbonyl (C=O) groups is 1.